The van der Waals surface area contributed by atoms with Crippen LogP contribution in [-0.2, 0) is 34.2 Å². The van der Waals surface area contributed by atoms with Gasteiger partial charge < -0.3 is 29.5 Å². The molecule has 4 atom stereocenters. The fourth-order valence-electron chi connectivity index (χ4n) is 10.6. The number of anilines is 1. The van der Waals surface area contributed by atoms with Crippen LogP contribution in [0.15, 0.2) is 85.1 Å². The van der Waals surface area contributed by atoms with Crippen molar-refractivity contribution in [2.24, 2.45) is 17.8 Å². The second kappa shape index (κ2) is 20.6. The number of ether oxygens (including phenoxy) is 3. The van der Waals surface area contributed by atoms with E-state index >= 15 is 0 Å². The van der Waals surface area contributed by atoms with Crippen molar-refractivity contribution < 1.29 is 28.9 Å². The maximum Gasteiger partial charge on any atom is 0.410 e. The van der Waals surface area contributed by atoms with Crippen LogP contribution >= 0.6 is 11.6 Å². The quantitative estimate of drug-likeness (QED) is 0.102. The van der Waals surface area contributed by atoms with Crippen molar-refractivity contribution in [3.05, 3.63) is 118 Å². The second-order valence-electron chi connectivity index (χ2n) is 20.3. The molecule has 4 aromatic rings. The average Bonchev–Trinajstić information content (AvgIpc) is 3.54. The van der Waals surface area contributed by atoms with Crippen molar-refractivity contribution in [1.82, 2.24) is 9.88 Å². The van der Waals surface area contributed by atoms with E-state index in [-0.39, 0.29) is 23.3 Å². The molecule has 3 aliphatic carbocycles. The molecule has 1 fully saturated rings. The number of hydrogen-bond donors (Lipinski definition) is 2. The third kappa shape index (κ3) is 11.5. The summed E-state index contributed by atoms with van der Waals surface area (Å²) < 4.78 is 19.0. The lowest BCUT2D eigenvalue weighted by Gasteiger charge is -2.47. The number of benzene rings is 3. The van der Waals surface area contributed by atoms with Crippen molar-refractivity contribution >= 4 is 29.4 Å². The van der Waals surface area contributed by atoms with E-state index in [1.54, 1.807) is 12.1 Å². The number of carboxylic acid groups (broad SMARTS) is 1. The zero-order valence-electron chi connectivity index (χ0n) is 39.0. The van der Waals surface area contributed by atoms with E-state index in [0.717, 1.165) is 75.0 Å². The van der Waals surface area contributed by atoms with Crippen LogP contribution < -0.4 is 14.8 Å². The number of rotatable bonds is 18. The second-order valence-corrected chi connectivity index (χ2v) is 20.7. The van der Waals surface area contributed by atoms with Crippen LogP contribution in [0.1, 0.15) is 133 Å². The highest BCUT2D eigenvalue weighted by Gasteiger charge is 2.54. The van der Waals surface area contributed by atoms with Crippen molar-refractivity contribution in [3.63, 3.8) is 0 Å². The molecular formula is C54H70ClN3O6. The molecule has 1 aromatic heterocycles. The van der Waals surface area contributed by atoms with E-state index in [0.29, 0.717) is 56.0 Å². The maximum atomic E-state index is 13.3. The number of hydrogen-bond acceptors (Lipinski definition) is 7. The molecule has 0 radical (unpaired) electrons. The molecule has 0 bridgehead atoms. The molecule has 1 heterocycles. The molecule has 64 heavy (non-hydrogen) atoms. The first-order valence-corrected chi connectivity index (χ1v) is 24.2. The zero-order valence-corrected chi connectivity index (χ0v) is 39.7. The lowest BCUT2D eigenvalue weighted by atomic mass is 9.59. The first-order chi connectivity index (χ1) is 30.6. The summed E-state index contributed by atoms with van der Waals surface area (Å²) in [5.74, 6) is 2.20. The number of aryl methyl sites for hydroxylation is 2. The summed E-state index contributed by atoms with van der Waals surface area (Å²) in [4.78, 5) is 33.0. The summed E-state index contributed by atoms with van der Waals surface area (Å²) >= 11 is 6.35. The number of carboxylic acids is 1. The number of halogens is 1. The number of fused-ring (bicyclic) bond motifs is 3. The largest absolute Gasteiger partial charge is 0.493 e. The van der Waals surface area contributed by atoms with Crippen molar-refractivity contribution in [2.45, 2.75) is 141 Å². The Morgan fingerprint density at radius 2 is 1.70 bits per heavy atom. The SMILES string of the molecule is C[C@H](CCN(CCCc1ccccc1)C(=O)OC(C)(C)C)COc1ccc2c(c1)C1(CCC(Nc3cccc(Cl)c3)(C(=O)O)CC1)C(C[C@@H](C)COc1ccnc3c1[C@H](C)CCC3)C2. The number of aromatic nitrogens is 1. The Kier molecular flexibility index (Phi) is 15.2. The van der Waals surface area contributed by atoms with Gasteiger partial charge in [0, 0.05) is 41.3 Å². The van der Waals surface area contributed by atoms with Gasteiger partial charge in [-0.25, -0.2) is 9.59 Å². The van der Waals surface area contributed by atoms with Gasteiger partial charge in [-0.2, -0.15) is 0 Å². The van der Waals surface area contributed by atoms with Crippen LogP contribution in [0.25, 0.3) is 0 Å². The lowest BCUT2D eigenvalue weighted by Crippen LogP contribution is -2.53. The highest BCUT2D eigenvalue weighted by molar-refractivity contribution is 6.30. The molecular weight excluding hydrogens is 822 g/mol. The first kappa shape index (κ1) is 47.2. The summed E-state index contributed by atoms with van der Waals surface area (Å²) in [6, 6.07) is 26.4. The van der Waals surface area contributed by atoms with E-state index in [1.807, 2.05) is 56.1 Å². The Morgan fingerprint density at radius 3 is 2.44 bits per heavy atom. The van der Waals surface area contributed by atoms with Crippen LogP contribution in [0.2, 0.25) is 5.02 Å². The van der Waals surface area contributed by atoms with Gasteiger partial charge in [-0.1, -0.05) is 74.8 Å². The Balaban J connectivity index is 1.05. The number of carbonyl (C=O) groups excluding carboxylic acids is 1. The molecule has 0 saturated heterocycles. The van der Waals surface area contributed by atoms with Crippen LogP contribution in [0, 0.1) is 17.8 Å². The third-order valence-corrected chi connectivity index (χ3v) is 14.3. The number of aliphatic carboxylic acids is 1. The molecule has 1 saturated carbocycles. The predicted molar refractivity (Wildman–Crippen MR) is 256 cm³/mol. The molecule has 344 valence electrons. The van der Waals surface area contributed by atoms with Gasteiger partial charge in [0.1, 0.15) is 22.6 Å². The lowest BCUT2D eigenvalue weighted by molar-refractivity contribution is -0.144. The van der Waals surface area contributed by atoms with E-state index in [9.17, 15) is 14.7 Å². The van der Waals surface area contributed by atoms with Gasteiger partial charge in [0.25, 0.3) is 0 Å². The number of pyridine rings is 1. The van der Waals surface area contributed by atoms with Crippen LogP contribution in [0.5, 0.6) is 11.5 Å². The third-order valence-electron chi connectivity index (χ3n) is 14.1. The first-order valence-electron chi connectivity index (χ1n) is 23.8. The van der Waals surface area contributed by atoms with Crippen LogP contribution in [-0.4, -0.2) is 64.5 Å². The average molecular weight is 893 g/mol. The van der Waals surface area contributed by atoms with E-state index in [1.165, 1.54) is 34.4 Å². The fraction of sp³-hybridized carbons (Fsp3) is 0.537. The fourth-order valence-corrected chi connectivity index (χ4v) is 10.8. The number of carbonyl (C=O) groups is 2. The topological polar surface area (TPSA) is 110 Å². The zero-order chi connectivity index (χ0) is 45.5. The van der Waals surface area contributed by atoms with Gasteiger partial charge in [-0.05, 0) is 180 Å². The molecule has 1 spiro atoms. The number of amides is 1. The molecule has 10 heteroatoms. The normalized spacial score (nSPS) is 22.5. The number of nitrogens with zero attached hydrogens (tertiary/aromatic N) is 2. The van der Waals surface area contributed by atoms with Gasteiger partial charge in [0.05, 0.1) is 13.2 Å². The molecule has 9 nitrogen and oxygen atoms in total. The Bertz CT molecular complexity index is 2200. The molecule has 3 aliphatic rings. The van der Waals surface area contributed by atoms with E-state index in [2.05, 4.69) is 68.6 Å². The summed E-state index contributed by atoms with van der Waals surface area (Å²) in [7, 11) is 0. The van der Waals surface area contributed by atoms with Gasteiger partial charge >= 0.3 is 12.1 Å². The van der Waals surface area contributed by atoms with Gasteiger partial charge in [-0.15, -0.1) is 0 Å². The van der Waals surface area contributed by atoms with Crippen LogP contribution in [0.3, 0.4) is 0 Å². The highest BCUT2D eigenvalue weighted by Crippen LogP contribution is 2.57. The van der Waals surface area contributed by atoms with Crippen molar-refractivity contribution in [3.8, 4) is 11.5 Å². The Morgan fingerprint density at radius 1 is 0.938 bits per heavy atom. The monoisotopic (exact) mass is 891 g/mol. The highest BCUT2D eigenvalue weighted by atomic mass is 35.5. The standard InChI is InChI=1S/C54H70ClN3O6/c1-37(23-30-58(51(61)64-52(4,5)6)29-12-16-40-14-8-7-9-15-40)35-62-45-21-20-41-32-42(31-38(2)36-63-48-22-28-56-47-19-10-13-39(3)49(47)48)53(46(41)34-45)24-26-54(27-25-53,50(59)60)57-44-18-11-17-43(55)33-44/h7-9,11,14-15,17-18,20-22,28,33-34,37-39,42,57H,10,12-13,16,19,23-27,29-32,35-36H2,1-6H3,(H,59,60)/t37-,38-,39-,42?,53?,54?/m1/s1. The summed E-state index contributed by atoms with van der Waals surface area (Å²) in [6.45, 7) is 14.8. The summed E-state index contributed by atoms with van der Waals surface area (Å²) in [5, 5.41) is 14.8. The predicted octanol–water partition coefficient (Wildman–Crippen LogP) is 12.5. The summed E-state index contributed by atoms with van der Waals surface area (Å²) in [6.07, 6.45) is 11.8. The summed E-state index contributed by atoms with van der Waals surface area (Å²) in [5.41, 5.74) is 5.17. The molecule has 1 amide bonds. The Hall–Kier alpha value is -4.76. The molecule has 3 aromatic carbocycles. The van der Waals surface area contributed by atoms with E-state index < -0.39 is 17.1 Å². The number of nitrogens with one attached hydrogen (secondary N) is 1. The van der Waals surface area contributed by atoms with Crippen molar-refractivity contribution in [1.29, 1.82) is 0 Å². The van der Waals surface area contributed by atoms with Crippen molar-refractivity contribution in [2.75, 3.05) is 31.6 Å². The van der Waals surface area contributed by atoms with E-state index in [4.69, 9.17) is 30.8 Å². The minimum atomic E-state index is -1.10. The maximum absolute atomic E-state index is 13.3. The molecule has 0 aliphatic heterocycles. The van der Waals surface area contributed by atoms with Crippen LogP contribution in [0.4, 0.5) is 10.5 Å². The molecule has 1 unspecified atom stereocenters. The van der Waals surface area contributed by atoms with Gasteiger partial charge in [0.2, 0.25) is 0 Å². The van der Waals surface area contributed by atoms with Gasteiger partial charge in [0.15, 0.2) is 0 Å². The van der Waals surface area contributed by atoms with Gasteiger partial charge in [-0.3, -0.25) is 4.98 Å². The molecule has 2 N–H and O–H groups in total. The minimum Gasteiger partial charge on any atom is -0.493 e. The minimum absolute atomic E-state index is 0.187. The smallest absolute Gasteiger partial charge is 0.410 e. The Labute approximate surface area is 386 Å². The molecule has 7 rings (SSSR count).